The number of fused-ring (bicyclic) bond motifs is 1. The Kier molecular flexibility index (Phi) is 3.85. The van der Waals surface area contributed by atoms with Gasteiger partial charge in [-0.3, -0.25) is 4.79 Å². The van der Waals surface area contributed by atoms with Crippen LogP contribution in [0.2, 0.25) is 0 Å². The van der Waals surface area contributed by atoms with Crippen LogP contribution in [0.3, 0.4) is 0 Å². The molecule has 0 saturated heterocycles. The van der Waals surface area contributed by atoms with Crippen molar-refractivity contribution in [3.05, 3.63) is 35.6 Å². The summed E-state index contributed by atoms with van der Waals surface area (Å²) in [6.45, 7) is 6.30. The molecule has 1 aromatic carbocycles. The maximum Gasteiger partial charge on any atom is 0.198 e. The smallest absolute Gasteiger partial charge is 0.198 e. The third-order valence-electron chi connectivity index (χ3n) is 3.26. The minimum atomic E-state index is 0.116. The molecular formula is C16H20O2. The second-order valence-corrected chi connectivity index (χ2v) is 5.17. The Morgan fingerprint density at radius 2 is 2.11 bits per heavy atom. The number of ketones is 1. The molecule has 2 aromatic rings. The molecule has 0 fully saturated rings. The fraction of sp³-hybridized carbons (Fsp3) is 0.438. The van der Waals surface area contributed by atoms with Gasteiger partial charge in [-0.05, 0) is 31.0 Å². The molecular weight excluding hydrogens is 224 g/mol. The van der Waals surface area contributed by atoms with Crippen LogP contribution in [0.25, 0.3) is 11.0 Å². The molecule has 0 bridgehead atoms. The van der Waals surface area contributed by atoms with E-state index in [4.69, 9.17) is 4.42 Å². The lowest BCUT2D eigenvalue weighted by atomic mass is 9.98. The molecule has 0 aliphatic carbocycles. The van der Waals surface area contributed by atoms with Crippen LogP contribution in [0.5, 0.6) is 0 Å². The lowest BCUT2D eigenvalue weighted by Gasteiger charge is -2.06. The highest BCUT2D eigenvalue weighted by molar-refractivity contribution is 5.97. The van der Waals surface area contributed by atoms with E-state index in [-0.39, 0.29) is 5.78 Å². The van der Waals surface area contributed by atoms with Crippen molar-refractivity contribution < 1.29 is 9.21 Å². The lowest BCUT2D eigenvalue weighted by Crippen LogP contribution is -2.04. The molecule has 96 valence electrons. The Morgan fingerprint density at radius 3 is 2.83 bits per heavy atom. The number of carbonyl (C=O) groups is 1. The van der Waals surface area contributed by atoms with Crippen molar-refractivity contribution in [2.45, 2.75) is 40.0 Å². The quantitative estimate of drug-likeness (QED) is 0.710. The second-order valence-electron chi connectivity index (χ2n) is 5.17. The van der Waals surface area contributed by atoms with Gasteiger partial charge in [-0.2, -0.15) is 0 Å². The van der Waals surface area contributed by atoms with Gasteiger partial charge in [0, 0.05) is 11.8 Å². The van der Waals surface area contributed by atoms with Gasteiger partial charge in [0.2, 0.25) is 0 Å². The zero-order valence-corrected chi connectivity index (χ0v) is 11.3. The SMILES string of the molecule is CCCC(C)CC(=O)c1cc2cc(C)ccc2o1. The van der Waals surface area contributed by atoms with Crippen molar-refractivity contribution in [3.63, 3.8) is 0 Å². The number of hydrogen-bond acceptors (Lipinski definition) is 2. The van der Waals surface area contributed by atoms with E-state index in [0.717, 1.165) is 23.8 Å². The van der Waals surface area contributed by atoms with Gasteiger partial charge in [0.15, 0.2) is 11.5 Å². The van der Waals surface area contributed by atoms with Crippen molar-refractivity contribution in [1.29, 1.82) is 0 Å². The standard InChI is InChI=1S/C16H20O2/c1-4-5-11(2)9-14(17)16-10-13-8-12(3)6-7-15(13)18-16/h6-8,10-11H,4-5,9H2,1-3H3. The first kappa shape index (κ1) is 12.9. The summed E-state index contributed by atoms with van der Waals surface area (Å²) in [5.41, 5.74) is 1.98. The van der Waals surface area contributed by atoms with E-state index in [1.807, 2.05) is 31.2 Å². The summed E-state index contributed by atoms with van der Waals surface area (Å²) in [5, 5.41) is 1.02. The number of hydrogen-bond donors (Lipinski definition) is 0. The molecule has 0 amide bonds. The topological polar surface area (TPSA) is 30.2 Å². The van der Waals surface area contributed by atoms with Crippen LogP contribution < -0.4 is 0 Å². The first-order valence-corrected chi connectivity index (χ1v) is 6.63. The maximum atomic E-state index is 12.1. The van der Waals surface area contributed by atoms with Gasteiger partial charge in [0.25, 0.3) is 0 Å². The van der Waals surface area contributed by atoms with Crippen LogP contribution >= 0.6 is 0 Å². The number of Topliss-reactive ketones (excluding diaryl/α,β-unsaturated/α-hetero) is 1. The van der Waals surface area contributed by atoms with Gasteiger partial charge < -0.3 is 4.42 Å². The fourth-order valence-corrected chi connectivity index (χ4v) is 2.31. The summed E-state index contributed by atoms with van der Waals surface area (Å²) in [6.07, 6.45) is 2.78. The van der Waals surface area contributed by atoms with Crippen molar-refractivity contribution in [2.75, 3.05) is 0 Å². The van der Waals surface area contributed by atoms with E-state index in [1.54, 1.807) is 0 Å². The predicted octanol–water partition coefficient (Wildman–Crippen LogP) is 4.75. The monoisotopic (exact) mass is 244 g/mol. The highest BCUT2D eigenvalue weighted by Gasteiger charge is 2.15. The Morgan fingerprint density at radius 1 is 1.33 bits per heavy atom. The summed E-state index contributed by atoms with van der Waals surface area (Å²) < 4.78 is 5.61. The van der Waals surface area contributed by atoms with E-state index in [2.05, 4.69) is 13.8 Å². The summed E-state index contributed by atoms with van der Waals surface area (Å²) >= 11 is 0. The Bertz CT molecular complexity index is 551. The maximum absolute atomic E-state index is 12.1. The molecule has 1 heterocycles. The molecule has 1 aromatic heterocycles. The first-order valence-electron chi connectivity index (χ1n) is 6.63. The third-order valence-corrected chi connectivity index (χ3v) is 3.26. The molecule has 2 heteroatoms. The Hall–Kier alpha value is -1.57. The molecule has 1 unspecified atom stereocenters. The van der Waals surface area contributed by atoms with Crippen molar-refractivity contribution in [3.8, 4) is 0 Å². The van der Waals surface area contributed by atoms with Gasteiger partial charge in [-0.25, -0.2) is 0 Å². The van der Waals surface area contributed by atoms with Crippen LogP contribution in [0.1, 0.15) is 49.2 Å². The van der Waals surface area contributed by atoms with Crippen molar-refractivity contribution >= 4 is 16.8 Å². The summed E-state index contributed by atoms with van der Waals surface area (Å²) in [6, 6.07) is 7.84. The molecule has 0 spiro atoms. The summed E-state index contributed by atoms with van der Waals surface area (Å²) in [4.78, 5) is 12.1. The fourth-order valence-electron chi connectivity index (χ4n) is 2.31. The summed E-state index contributed by atoms with van der Waals surface area (Å²) in [7, 11) is 0. The highest BCUT2D eigenvalue weighted by atomic mass is 16.3. The molecule has 2 rings (SSSR count). The van der Waals surface area contributed by atoms with E-state index < -0.39 is 0 Å². The zero-order chi connectivity index (χ0) is 13.1. The molecule has 0 aliphatic rings. The van der Waals surface area contributed by atoms with Gasteiger partial charge in [0.05, 0.1) is 0 Å². The predicted molar refractivity (Wildman–Crippen MR) is 74.0 cm³/mol. The molecule has 0 N–H and O–H groups in total. The van der Waals surface area contributed by atoms with E-state index in [9.17, 15) is 4.79 Å². The summed E-state index contributed by atoms with van der Waals surface area (Å²) in [5.74, 6) is 1.04. The third kappa shape index (κ3) is 2.81. The van der Waals surface area contributed by atoms with Gasteiger partial charge >= 0.3 is 0 Å². The Balaban J connectivity index is 2.18. The van der Waals surface area contributed by atoms with E-state index >= 15 is 0 Å². The average molecular weight is 244 g/mol. The van der Waals surface area contributed by atoms with Crippen LogP contribution in [-0.4, -0.2) is 5.78 Å². The van der Waals surface area contributed by atoms with Crippen LogP contribution in [0.4, 0.5) is 0 Å². The molecule has 0 radical (unpaired) electrons. The largest absolute Gasteiger partial charge is 0.453 e. The normalized spacial score (nSPS) is 12.8. The number of rotatable bonds is 5. The number of aryl methyl sites for hydroxylation is 1. The number of benzene rings is 1. The number of carbonyl (C=O) groups excluding carboxylic acids is 1. The first-order chi connectivity index (χ1) is 8.60. The van der Waals surface area contributed by atoms with E-state index in [0.29, 0.717) is 18.1 Å². The average Bonchev–Trinajstić information content (AvgIpc) is 2.72. The highest BCUT2D eigenvalue weighted by Crippen LogP contribution is 2.23. The zero-order valence-electron chi connectivity index (χ0n) is 11.3. The lowest BCUT2D eigenvalue weighted by molar-refractivity contribution is 0.0937. The Labute approximate surface area is 108 Å². The minimum absolute atomic E-state index is 0.116. The van der Waals surface area contributed by atoms with Crippen LogP contribution in [0, 0.1) is 12.8 Å². The van der Waals surface area contributed by atoms with Crippen molar-refractivity contribution in [2.24, 2.45) is 5.92 Å². The van der Waals surface area contributed by atoms with Gasteiger partial charge in [0.1, 0.15) is 5.58 Å². The second kappa shape index (κ2) is 5.38. The van der Waals surface area contributed by atoms with E-state index in [1.165, 1.54) is 5.56 Å². The van der Waals surface area contributed by atoms with Gasteiger partial charge in [-0.1, -0.05) is 38.3 Å². The molecule has 0 saturated carbocycles. The number of furan rings is 1. The minimum Gasteiger partial charge on any atom is -0.453 e. The molecule has 18 heavy (non-hydrogen) atoms. The van der Waals surface area contributed by atoms with Crippen LogP contribution in [-0.2, 0) is 0 Å². The van der Waals surface area contributed by atoms with Crippen molar-refractivity contribution in [1.82, 2.24) is 0 Å². The molecule has 2 nitrogen and oxygen atoms in total. The van der Waals surface area contributed by atoms with Gasteiger partial charge in [-0.15, -0.1) is 0 Å². The molecule has 0 aliphatic heterocycles. The molecule has 1 atom stereocenters. The van der Waals surface area contributed by atoms with Crippen LogP contribution in [0.15, 0.2) is 28.7 Å².